The van der Waals surface area contributed by atoms with Crippen LogP contribution >= 0.6 is 11.6 Å². The summed E-state index contributed by atoms with van der Waals surface area (Å²) >= 11 is 6.30. The SMILES string of the molecule is COc1ncc(Cl)cc1-c1nn(-c2ccc(-c3[nH]ncc3CN(C)CCN)c(OC)n2)cc1CN(C)CCN. The molecule has 0 aliphatic heterocycles. The minimum atomic E-state index is 0.430. The summed E-state index contributed by atoms with van der Waals surface area (Å²) in [5, 5.41) is 12.7. The Morgan fingerprint density at radius 3 is 2.31 bits per heavy atom. The molecule has 39 heavy (non-hydrogen) atoms. The fourth-order valence-corrected chi connectivity index (χ4v) is 4.54. The van der Waals surface area contributed by atoms with E-state index in [0.29, 0.717) is 60.0 Å². The highest BCUT2D eigenvalue weighted by molar-refractivity contribution is 6.30. The molecule has 208 valence electrons. The number of nitrogens with two attached hydrogens (primary N) is 2. The van der Waals surface area contributed by atoms with Crippen LogP contribution in [0.25, 0.3) is 28.3 Å². The second kappa shape index (κ2) is 13.0. The van der Waals surface area contributed by atoms with E-state index < -0.39 is 0 Å². The molecule has 0 atom stereocenters. The van der Waals surface area contributed by atoms with Crippen molar-refractivity contribution in [1.29, 1.82) is 0 Å². The zero-order valence-corrected chi connectivity index (χ0v) is 23.4. The van der Waals surface area contributed by atoms with Gasteiger partial charge >= 0.3 is 0 Å². The van der Waals surface area contributed by atoms with Gasteiger partial charge < -0.3 is 30.7 Å². The Bertz CT molecular complexity index is 1390. The van der Waals surface area contributed by atoms with Crippen molar-refractivity contribution in [2.45, 2.75) is 13.1 Å². The van der Waals surface area contributed by atoms with Gasteiger partial charge in [-0.15, -0.1) is 0 Å². The van der Waals surface area contributed by atoms with Crippen molar-refractivity contribution in [3.8, 4) is 40.1 Å². The van der Waals surface area contributed by atoms with Crippen LogP contribution in [0.15, 0.2) is 36.8 Å². The van der Waals surface area contributed by atoms with E-state index in [2.05, 4.69) is 25.0 Å². The predicted molar refractivity (Wildman–Crippen MR) is 151 cm³/mol. The van der Waals surface area contributed by atoms with Crippen LogP contribution in [0.1, 0.15) is 11.1 Å². The van der Waals surface area contributed by atoms with Crippen molar-refractivity contribution in [3.63, 3.8) is 0 Å². The Hall–Kier alpha value is -3.55. The third-order valence-electron chi connectivity index (χ3n) is 6.22. The van der Waals surface area contributed by atoms with E-state index in [1.165, 1.54) is 0 Å². The lowest BCUT2D eigenvalue weighted by molar-refractivity contribution is 0.336. The largest absolute Gasteiger partial charge is 0.481 e. The molecule has 0 spiro atoms. The average Bonchev–Trinajstić information content (AvgIpc) is 3.55. The summed E-state index contributed by atoms with van der Waals surface area (Å²) in [6, 6.07) is 5.64. The summed E-state index contributed by atoms with van der Waals surface area (Å²) in [6.07, 6.45) is 5.29. The van der Waals surface area contributed by atoms with Gasteiger partial charge in [0.05, 0.1) is 42.3 Å². The Labute approximate surface area is 232 Å². The Morgan fingerprint density at radius 2 is 1.64 bits per heavy atom. The molecule has 12 nitrogen and oxygen atoms in total. The van der Waals surface area contributed by atoms with Gasteiger partial charge in [0.15, 0.2) is 5.82 Å². The molecule has 13 heteroatoms. The van der Waals surface area contributed by atoms with Gasteiger partial charge in [0.1, 0.15) is 5.69 Å². The smallest absolute Gasteiger partial charge is 0.224 e. The highest BCUT2D eigenvalue weighted by atomic mass is 35.5. The molecule has 0 amide bonds. The fraction of sp³-hybridized carbons (Fsp3) is 0.385. The molecule has 0 unspecified atom stereocenters. The third kappa shape index (κ3) is 6.54. The Kier molecular flexibility index (Phi) is 9.49. The van der Waals surface area contributed by atoms with Gasteiger partial charge in [0.25, 0.3) is 0 Å². The standard InChI is InChI=1S/C26H35ClN10O2/c1-35(9-7-28)14-17-12-31-33-23(17)20-5-6-22(32-26(20)39-4)37-16-18(15-36(2)10-8-29)24(34-37)21-11-19(27)13-30-25(21)38-3/h5-6,11-13,16H,7-10,14-15,28-29H2,1-4H3,(H,31,33). The molecule has 0 fully saturated rings. The molecule has 0 aromatic carbocycles. The number of halogens is 1. The van der Waals surface area contributed by atoms with Crippen LogP contribution in [0.2, 0.25) is 5.02 Å². The van der Waals surface area contributed by atoms with E-state index in [1.807, 2.05) is 38.6 Å². The van der Waals surface area contributed by atoms with Crippen molar-refractivity contribution >= 4 is 11.6 Å². The first kappa shape index (κ1) is 28.5. The second-order valence-electron chi connectivity index (χ2n) is 9.21. The molecule has 4 heterocycles. The van der Waals surface area contributed by atoms with E-state index in [1.54, 1.807) is 31.2 Å². The van der Waals surface area contributed by atoms with E-state index in [0.717, 1.165) is 35.5 Å². The molecular formula is C26H35ClN10O2. The van der Waals surface area contributed by atoms with Crippen LogP contribution in [0.4, 0.5) is 0 Å². The van der Waals surface area contributed by atoms with Crippen molar-refractivity contribution in [1.82, 2.24) is 39.7 Å². The second-order valence-corrected chi connectivity index (χ2v) is 9.64. The van der Waals surface area contributed by atoms with Crippen LogP contribution in [-0.2, 0) is 13.1 Å². The van der Waals surface area contributed by atoms with Crippen molar-refractivity contribution in [3.05, 3.63) is 52.9 Å². The normalized spacial score (nSPS) is 11.5. The number of aromatic amines is 1. The minimum absolute atomic E-state index is 0.430. The maximum absolute atomic E-state index is 6.30. The lowest BCUT2D eigenvalue weighted by atomic mass is 10.1. The van der Waals surface area contributed by atoms with Crippen molar-refractivity contribution in [2.75, 3.05) is 54.5 Å². The van der Waals surface area contributed by atoms with E-state index in [9.17, 15) is 0 Å². The van der Waals surface area contributed by atoms with E-state index in [-0.39, 0.29) is 0 Å². The number of nitrogens with one attached hydrogen (secondary N) is 1. The van der Waals surface area contributed by atoms with Gasteiger partial charge in [-0.2, -0.15) is 15.2 Å². The molecule has 0 aliphatic carbocycles. The molecule has 4 aromatic rings. The van der Waals surface area contributed by atoms with Crippen LogP contribution in [0, 0.1) is 0 Å². The highest BCUT2D eigenvalue weighted by Gasteiger charge is 2.21. The summed E-state index contributed by atoms with van der Waals surface area (Å²) in [6.45, 7) is 3.91. The zero-order chi connectivity index (χ0) is 27.9. The van der Waals surface area contributed by atoms with Gasteiger partial charge in [0.2, 0.25) is 11.8 Å². The van der Waals surface area contributed by atoms with Crippen molar-refractivity contribution < 1.29 is 9.47 Å². The summed E-state index contributed by atoms with van der Waals surface area (Å²) in [5.74, 6) is 1.46. The molecule has 5 N–H and O–H groups in total. The number of ether oxygens (including phenoxy) is 2. The zero-order valence-electron chi connectivity index (χ0n) is 22.7. The van der Waals surface area contributed by atoms with Crippen LogP contribution < -0.4 is 20.9 Å². The lowest BCUT2D eigenvalue weighted by Crippen LogP contribution is -2.25. The van der Waals surface area contributed by atoms with Crippen LogP contribution in [0.3, 0.4) is 0 Å². The third-order valence-corrected chi connectivity index (χ3v) is 6.43. The number of hydrogen-bond acceptors (Lipinski definition) is 10. The number of nitrogens with zero attached hydrogens (tertiary/aromatic N) is 7. The average molecular weight is 555 g/mol. The number of H-pyrrole nitrogens is 1. The Morgan fingerprint density at radius 1 is 0.949 bits per heavy atom. The fourth-order valence-electron chi connectivity index (χ4n) is 4.38. The number of rotatable bonds is 13. The first-order valence-corrected chi connectivity index (χ1v) is 12.9. The van der Waals surface area contributed by atoms with Crippen LogP contribution in [0.5, 0.6) is 11.8 Å². The molecule has 4 rings (SSSR count). The van der Waals surface area contributed by atoms with E-state index >= 15 is 0 Å². The first-order valence-electron chi connectivity index (χ1n) is 12.5. The van der Waals surface area contributed by atoms with Crippen molar-refractivity contribution in [2.24, 2.45) is 11.5 Å². The maximum Gasteiger partial charge on any atom is 0.224 e. The molecule has 4 aromatic heterocycles. The molecule has 0 saturated heterocycles. The number of pyridine rings is 2. The lowest BCUT2D eigenvalue weighted by Gasteiger charge is -2.16. The first-order chi connectivity index (χ1) is 18.9. The van der Waals surface area contributed by atoms with E-state index in [4.69, 9.17) is 42.6 Å². The number of likely N-dealkylation sites (N-methyl/N-ethyl adjacent to an activating group) is 2. The molecule has 0 saturated carbocycles. The molecule has 0 bridgehead atoms. The quantitative estimate of drug-likeness (QED) is 0.224. The summed E-state index contributed by atoms with van der Waals surface area (Å²) < 4.78 is 12.9. The Balaban J connectivity index is 1.75. The monoisotopic (exact) mass is 554 g/mol. The number of methoxy groups -OCH3 is 2. The predicted octanol–water partition coefficient (Wildman–Crippen LogP) is 2.17. The molecule has 0 radical (unpaired) electrons. The highest BCUT2D eigenvalue weighted by Crippen LogP contribution is 2.34. The number of hydrogen-bond donors (Lipinski definition) is 3. The molecule has 0 aliphatic rings. The van der Waals surface area contributed by atoms with Gasteiger partial charge in [-0.05, 0) is 32.3 Å². The summed E-state index contributed by atoms with van der Waals surface area (Å²) in [4.78, 5) is 13.4. The maximum atomic E-state index is 6.30. The van der Waals surface area contributed by atoms with Crippen LogP contribution in [-0.4, -0.2) is 94.2 Å². The number of aromatic nitrogens is 6. The topological polar surface area (TPSA) is 149 Å². The summed E-state index contributed by atoms with van der Waals surface area (Å²) in [7, 11) is 7.19. The summed E-state index contributed by atoms with van der Waals surface area (Å²) in [5.41, 5.74) is 16.5. The molecular weight excluding hydrogens is 520 g/mol. The van der Waals surface area contributed by atoms with Gasteiger partial charge in [-0.1, -0.05) is 11.6 Å². The minimum Gasteiger partial charge on any atom is -0.481 e. The van der Waals surface area contributed by atoms with Gasteiger partial charge in [0, 0.05) is 62.8 Å². The van der Waals surface area contributed by atoms with Gasteiger partial charge in [-0.3, -0.25) is 5.10 Å². The van der Waals surface area contributed by atoms with Gasteiger partial charge in [-0.25, -0.2) is 9.67 Å².